The summed E-state index contributed by atoms with van der Waals surface area (Å²) in [6.45, 7) is 4.68. The number of benzene rings is 2. The molecule has 180 valence electrons. The van der Waals surface area contributed by atoms with Crippen molar-refractivity contribution in [2.75, 3.05) is 41.0 Å². The Labute approximate surface area is 209 Å². The van der Waals surface area contributed by atoms with Crippen LogP contribution in [-0.4, -0.2) is 36.9 Å². The summed E-state index contributed by atoms with van der Waals surface area (Å²) in [5, 5.41) is 7.22. The third-order valence-corrected chi connectivity index (χ3v) is 7.72. The zero-order valence-electron chi connectivity index (χ0n) is 20.5. The maximum Gasteiger partial charge on any atom is 0.149 e. The molecule has 2 aromatic carbocycles. The van der Waals surface area contributed by atoms with E-state index in [1.165, 1.54) is 87.2 Å². The summed E-state index contributed by atoms with van der Waals surface area (Å²) < 4.78 is 0. The summed E-state index contributed by atoms with van der Waals surface area (Å²) in [5.74, 6) is 0.901. The van der Waals surface area contributed by atoms with Crippen molar-refractivity contribution in [3.63, 3.8) is 0 Å². The van der Waals surface area contributed by atoms with E-state index in [-0.39, 0.29) is 6.04 Å². The lowest BCUT2D eigenvalue weighted by molar-refractivity contribution is 0.577. The molecule has 0 N–H and O–H groups in total. The monoisotopic (exact) mass is 465 g/mol. The molecule has 2 fully saturated rings. The van der Waals surface area contributed by atoms with E-state index in [0.29, 0.717) is 0 Å². The van der Waals surface area contributed by atoms with Crippen LogP contribution in [0.3, 0.4) is 0 Å². The van der Waals surface area contributed by atoms with Crippen LogP contribution in [0.5, 0.6) is 0 Å². The van der Waals surface area contributed by atoms with Gasteiger partial charge in [0.1, 0.15) is 5.82 Å². The first kappa shape index (κ1) is 22.1. The van der Waals surface area contributed by atoms with Gasteiger partial charge in [0.25, 0.3) is 0 Å². The van der Waals surface area contributed by atoms with E-state index in [2.05, 4.69) is 74.4 Å². The van der Waals surface area contributed by atoms with Crippen LogP contribution in [0.1, 0.15) is 62.1 Å². The average molecular weight is 466 g/mol. The Hall–Kier alpha value is -3.34. The van der Waals surface area contributed by atoms with Crippen LogP contribution in [0.25, 0.3) is 0 Å². The van der Waals surface area contributed by atoms with E-state index in [9.17, 15) is 0 Å². The zero-order chi connectivity index (χ0) is 23.5. The molecule has 1 atom stereocenters. The van der Waals surface area contributed by atoms with E-state index < -0.39 is 0 Å². The first-order chi connectivity index (χ1) is 17.3. The highest BCUT2D eigenvalue weighted by atomic mass is 15.5. The third kappa shape index (κ3) is 4.77. The predicted octanol–water partition coefficient (Wildman–Crippen LogP) is 6.42. The van der Waals surface area contributed by atoms with E-state index >= 15 is 0 Å². The maximum absolute atomic E-state index is 5.10. The first-order valence-corrected chi connectivity index (χ1v) is 13.3. The summed E-state index contributed by atoms with van der Waals surface area (Å²) in [7, 11) is 0. The van der Waals surface area contributed by atoms with Crippen molar-refractivity contribution in [1.29, 1.82) is 0 Å². The molecule has 2 saturated heterocycles. The first-order valence-electron chi connectivity index (χ1n) is 13.3. The van der Waals surface area contributed by atoms with Gasteiger partial charge in [-0.3, -0.25) is 0 Å². The van der Waals surface area contributed by atoms with E-state index in [0.717, 1.165) is 18.0 Å². The summed E-state index contributed by atoms with van der Waals surface area (Å²) in [6, 6.07) is 24.4. The number of aromatic nitrogens is 1. The molecule has 1 aromatic heterocycles. The summed E-state index contributed by atoms with van der Waals surface area (Å²) in [4.78, 5) is 9.66. The number of anilines is 3. The van der Waals surface area contributed by atoms with Gasteiger partial charge in [-0.1, -0.05) is 30.3 Å². The van der Waals surface area contributed by atoms with Gasteiger partial charge in [-0.15, -0.1) is 0 Å². The van der Waals surface area contributed by atoms with Gasteiger partial charge in [0, 0.05) is 50.2 Å². The van der Waals surface area contributed by atoms with Crippen molar-refractivity contribution in [2.45, 2.75) is 51.0 Å². The molecular formula is C30H35N5. The van der Waals surface area contributed by atoms with Gasteiger partial charge < -0.3 is 9.80 Å². The summed E-state index contributed by atoms with van der Waals surface area (Å²) >= 11 is 0. The van der Waals surface area contributed by atoms with Gasteiger partial charge in [-0.05, 0) is 86.1 Å². The summed E-state index contributed by atoms with van der Waals surface area (Å²) in [5.41, 5.74) is 6.30. The molecule has 6 rings (SSSR count). The van der Waals surface area contributed by atoms with Gasteiger partial charge in [0.05, 0.1) is 11.8 Å². The fraction of sp³-hybridized carbons (Fsp3) is 0.400. The second kappa shape index (κ2) is 10.1. The fourth-order valence-corrected chi connectivity index (χ4v) is 5.72. The number of pyridine rings is 1. The van der Waals surface area contributed by atoms with E-state index in [1.807, 2.05) is 18.3 Å². The Bertz CT molecular complexity index is 1130. The minimum absolute atomic E-state index is 0.150. The molecule has 4 heterocycles. The largest absolute Gasteiger partial charge is 0.372 e. The Balaban J connectivity index is 1.25. The van der Waals surface area contributed by atoms with Crippen molar-refractivity contribution >= 4 is 22.9 Å². The number of rotatable bonds is 5. The Morgan fingerprint density at radius 1 is 0.629 bits per heavy atom. The van der Waals surface area contributed by atoms with Crippen LogP contribution in [0.2, 0.25) is 0 Å². The Morgan fingerprint density at radius 2 is 1.23 bits per heavy atom. The van der Waals surface area contributed by atoms with Gasteiger partial charge in [-0.25, -0.2) is 9.99 Å². The molecule has 3 aromatic rings. The highest BCUT2D eigenvalue weighted by Gasteiger charge is 2.31. The molecule has 3 aliphatic heterocycles. The lowest BCUT2D eigenvalue weighted by Gasteiger charge is -2.29. The highest BCUT2D eigenvalue weighted by molar-refractivity contribution is 6.03. The summed E-state index contributed by atoms with van der Waals surface area (Å²) in [6.07, 6.45) is 10.6. The molecule has 0 bridgehead atoms. The van der Waals surface area contributed by atoms with Crippen LogP contribution in [-0.2, 0) is 0 Å². The maximum atomic E-state index is 5.10. The van der Waals surface area contributed by atoms with Gasteiger partial charge >= 0.3 is 0 Å². The van der Waals surface area contributed by atoms with Crippen LogP contribution >= 0.6 is 0 Å². The van der Waals surface area contributed by atoms with Crippen molar-refractivity contribution in [1.82, 2.24) is 4.98 Å². The molecular weight excluding hydrogens is 430 g/mol. The molecule has 5 heteroatoms. The Morgan fingerprint density at radius 3 is 1.80 bits per heavy atom. The number of piperidine rings is 2. The van der Waals surface area contributed by atoms with Gasteiger partial charge in [-0.2, -0.15) is 5.10 Å². The number of hydrogen-bond donors (Lipinski definition) is 0. The van der Waals surface area contributed by atoms with E-state index in [1.54, 1.807) is 0 Å². The van der Waals surface area contributed by atoms with Crippen LogP contribution in [0, 0.1) is 0 Å². The molecule has 5 nitrogen and oxygen atoms in total. The predicted molar refractivity (Wildman–Crippen MR) is 146 cm³/mol. The quantitative estimate of drug-likeness (QED) is 0.436. The SMILES string of the molecule is c1ccc(N2N=C(c3ccc(N4CCCCC4)cc3)CC2c2ccc(N3CCCCC3)cc2)nc1. The van der Waals surface area contributed by atoms with Crippen LogP contribution in [0.4, 0.5) is 17.2 Å². The van der Waals surface area contributed by atoms with Crippen molar-refractivity contribution in [3.05, 3.63) is 84.1 Å². The smallest absolute Gasteiger partial charge is 0.149 e. The number of hydrogen-bond acceptors (Lipinski definition) is 5. The molecule has 0 amide bonds. The second-order valence-electron chi connectivity index (χ2n) is 10.0. The average Bonchev–Trinajstić information content (AvgIpc) is 3.40. The van der Waals surface area contributed by atoms with Crippen molar-refractivity contribution < 1.29 is 0 Å². The van der Waals surface area contributed by atoms with E-state index in [4.69, 9.17) is 5.10 Å². The normalized spacial score (nSPS) is 20.7. The molecule has 35 heavy (non-hydrogen) atoms. The molecule has 1 unspecified atom stereocenters. The topological polar surface area (TPSA) is 35.0 Å². The zero-order valence-corrected chi connectivity index (χ0v) is 20.5. The fourth-order valence-electron chi connectivity index (χ4n) is 5.72. The minimum Gasteiger partial charge on any atom is -0.372 e. The molecule has 0 spiro atoms. The molecule has 3 aliphatic rings. The van der Waals surface area contributed by atoms with Crippen molar-refractivity contribution in [3.8, 4) is 0 Å². The van der Waals surface area contributed by atoms with Crippen LogP contribution in [0.15, 0.2) is 78.0 Å². The lowest BCUT2D eigenvalue weighted by atomic mass is 9.97. The molecule has 0 saturated carbocycles. The Kier molecular flexibility index (Phi) is 6.39. The second-order valence-corrected chi connectivity index (χ2v) is 10.0. The highest BCUT2D eigenvalue weighted by Crippen LogP contribution is 2.37. The third-order valence-electron chi connectivity index (χ3n) is 7.72. The van der Waals surface area contributed by atoms with Crippen LogP contribution < -0.4 is 14.8 Å². The van der Waals surface area contributed by atoms with Crippen molar-refractivity contribution in [2.24, 2.45) is 5.10 Å². The lowest BCUT2D eigenvalue weighted by Crippen LogP contribution is -2.29. The molecule has 0 radical (unpaired) electrons. The number of nitrogens with zero attached hydrogens (tertiary/aromatic N) is 5. The van der Waals surface area contributed by atoms with Gasteiger partial charge in [0.2, 0.25) is 0 Å². The standard InChI is InChI=1S/C30H35N5/c1-5-19-33(20-6-1)26-14-10-24(11-15-26)28-23-29(35(32-28)30-9-3-4-18-31-30)25-12-16-27(17-13-25)34-21-7-2-8-22-34/h3-4,9-18,29H,1-2,5-8,19-23H2. The number of hydrazone groups is 1. The van der Waals surface area contributed by atoms with Gasteiger partial charge in [0.15, 0.2) is 0 Å². The molecule has 0 aliphatic carbocycles. The minimum atomic E-state index is 0.150.